The summed E-state index contributed by atoms with van der Waals surface area (Å²) in [4.78, 5) is 8.41. The molecule has 8 heteroatoms. The summed E-state index contributed by atoms with van der Waals surface area (Å²) in [6.45, 7) is 0.828. The number of pyridine rings is 2. The van der Waals surface area contributed by atoms with Crippen molar-refractivity contribution in [1.29, 1.82) is 0 Å². The molecular formula is C19H19F2N3O3. The number of halogens is 2. The Bertz CT molecular complexity index is 922. The van der Waals surface area contributed by atoms with Gasteiger partial charge in [-0.15, -0.1) is 0 Å². The van der Waals surface area contributed by atoms with E-state index in [1.165, 1.54) is 12.1 Å². The van der Waals surface area contributed by atoms with Gasteiger partial charge in [-0.3, -0.25) is 4.98 Å². The van der Waals surface area contributed by atoms with Crippen molar-refractivity contribution < 1.29 is 23.0 Å². The minimum atomic E-state index is -2.54. The van der Waals surface area contributed by atoms with Crippen molar-refractivity contribution in [2.24, 2.45) is 0 Å². The molecule has 3 aromatic rings. The Hall–Kier alpha value is -3.00. The molecule has 0 aliphatic carbocycles. The maximum atomic E-state index is 12.9. The molecule has 142 valence electrons. The van der Waals surface area contributed by atoms with Crippen LogP contribution in [0.15, 0.2) is 42.7 Å². The summed E-state index contributed by atoms with van der Waals surface area (Å²) in [6, 6.07) is 7.81. The largest absolute Gasteiger partial charge is 0.494 e. The van der Waals surface area contributed by atoms with Gasteiger partial charge in [-0.05, 0) is 12.1 Å². The van der Waals surface area contributed by atoms with Gasteiger partial charge in [0.1, 0.15) is 18.0 Å². The first-order valence-electron chi connectivity index (χ1n) is 8.22. The van der Waals surface area contributed by atoms with Gasteiger partial charge in [-0.25, -0.2) is 13.8 Å². The molecule has 1 aromatic carbocycles. The fraction of sp³-hybridized carbons (Fsp3) is 0.263. The second-order valence-electron chi connectivity index (χ2n) is 5.62. The van der Waals surface area contributed by atoms with Crippen LogP contribution in [0.2, 0.25) is 0 Å². The van der Waals surface area contributed by atoms with Crippen molar-refractivity contribution in [3.8, 4) is 11.6 Å². The third-order valence-electron chi connectivity index (χ3n) is 3.89. The molecule has 0 amide bonds. The zero-order valence-electron chi connectivity index (χ0n) is 14.9. The number of fused-ring (bicyclic) bond motifs is 1. The molecule has 0 bridgehead atoms. The van der Waals surface area contributed by atoms with E-state index in [1.807, 2.05) is 0 Å². The molecule has 0 saturated carbocycles. The standard InChI is InChI=1S/C19H19F2N3O3/c1-25-7-8-27-18-10-17(26-2)16(11-23-18)24-14-5-6-22-15-9-12(19(20)21)3-4-13(14)15/h3-6,9-11,19H,7-8H2,1-2H3,(H,22,24). The molecule has 0 fully saturated rings. The highest BCUT2D eigenvalue weighted by atomic mass is 19.3. The van der Waals surface area contributed by atoms with Crippen LogP contribution in [-0.4, -0.2) is 37.4 Å². The van der Waals surface area contributed by atoms with E-state index in [9.17, 15) is 8.78 Å². The number of rotatable bonds is 8. The number of benzene rings is 1. The highest BCUT2D eigenvalue weighted by Gasteiger charge is 2.12. The summed E-state index contributed by atoms with van der Waals surface area (Å²) < 4.78 is 41.6. The normalized spacial score (nSPS) is 11.0. The minimum Gasteiger partial charge on any atom is -0.494 e. The van der Waals surface area contributed by atoms with Gasteiger partial charge in [-0.2, -0.15) is 0 Å². The van der Waals surface area contributed by atoms with Crippen LogP contribution in [0.3, 0.4) is 0 Å². The van der Waals surface area contributed by atoms with Crippen LogP contribution >= 0.6 is 0 Å². The highest BCUT2D eigenvalue weighted by Crippen LogP contribution is 2.33. The first-order valence-corrected chi connectivity index (χ1v) is 8.22. The topological polar surface area (TPSA) is 65.5 Å². The number of hydrogen-bond acceptors (Lipinski definition) is 6. The summed E-state index contributed by atoms with van der Waals surface area (Å²) in [7, 11) is 3.13. The number of methoxy groups -OCH3 is 2. The summed E-state index contributed by atoms with van der Waals surface area (Å²) in [6.07, 6.45) is 0.603. The number of aromatic nitrogens is 2. The zero-order valence-corrected chi connectivity index (χ0v) is 14.9. The van der Waals surface area contributed by atoms with Crippen molar-refractivity contribution in [3.05, 3.63) is 48.3 Å². The smallest absolute Gasteiger partial charge is 0.263 e. The lowest BCUT2D eigenvalue weighted by Gasteiger charge is -2.14. The maximum absolute atomic E-state index is 12.9. The SMILES string of the molecule is COCCOc1cc(OC)c(Nc2ccnc3cc(C(F)F)ccc23)cn1. The fourth-order valence-corrected chi connectivity index (χ4v) is 2.55. The van der Waals surface area contributed by atoms with E-state index in [-0.39, 0.29) is 5.56 Å². The summed E-state index contributed by atoms with van der Waals surface area (Å²) in [5, 5.41) is 3.93. The number of ether oxygens (including phenoxy) is 3. The van der Waals surface area contributed by atoms with Crippen molar-refractivity contribution >= 4 is 22.3 Å². The van der Waals surface area contributed by atoms with Crippen LogP contribution in [0, 0.1) is 0 Å². The Morgan fingerprint density at radius 1 is 1.04 bits per heavy atom. The second-order valence-corrected chi connectivity index (χ2v) is 5.62. The first kappa shape index (κ1) is 18.8. The van der Waals surface area contributed by atoms with Crippen molar-refractivity contribution in [3.63, 3.8) is 0 Å². The average molecular weight is 375 g/mol. The monoisotopic (exact) mass is 375 g/mol. The third-order valence-corrected chi connectivity index (χ3v) is 3.89. The molecule has 0 saturated heterocycles. The van der Waals surface area contributed by atoms with E-state index in [1.54, 1.807) is 44.8 Å². The Morgan fingerprint density at radius 2 is 1.89 bits per heavy atom. The van der Waals surface area contributed by atoms with Crippen LogP contribution in [-0.2, 0) is 4.74 Å². The molecule has 0 spiro atoms. The predicted molar refractivity (Wildman–Crippen MR) is 98.1 cm³/mol. The van der Waals surface area contributed by atoms with E-state index in [4.69, 9.17) is 14.2 Å². The van der Waals surface area contributed by atoms with Gasteiger partial charge >= 0.3 is 0 Å². The van der Waals surface area contributed by atoms with Gasteiger partial charge in [0.05, 0.1) is 25.4 Å². The molecule has 0 aliphatic rings. The molecule has 2 aromatic heterocycles. The molecule has 2 heterocycles. The van der Waals surface area contributed by atoms with Crippen LogP contribution in [0.5, 0.6) is 11.6 Å². The molecule has 0 unspecified atom stereocenters. The Labute approximate surface area is 155 Å². The molecule has 1 N–H and O–H groups in total. The van der Waals surface area contributed by atoms with Crippen LogP contribution in [0.4, 0.5) is 20.2 Å². The van der Waals surface area contributed by atoms with Gasteiger partial charge < -0.3 is 19.5 Å². The zero-order chi connectivity index (χ0) is 19.2. The summed E-state index contributed by atoms with van der Waals surface area (Å²) >= 11 is 0. The first-order chi connectivity index (χ1) is 13.1. The van der Waals surface area contributed by atoms with E-state index in [0.29, 0.717) is 47.1 Å². The molecule has 0 aliphatic heterocycles. The van der Waals surface area contributed by atoms with Gasteiger partial charge in [0.15, 0.2) is 0 Å². The van der Waals surface area contributed by atoms with E-state index < -0.39 is 6.43 Å². The van der Waals surface area contributed by atoms with Gasteiger partial charge in [0, 0.05) is 36.0 Å². The van der Waals surface area contributed by atoms with Gasteiger partial charge in [0.25, 0.3) is 6.43 Å². The van der Waals surface area contributed by atoms with Crippen LogP contribution in [0.1, 0.15) is 12.0 Å². The molecule has 3 rings (SSSR count). The fourth-order valence-electron chi connectivity index (χ4n) is 2.55. The van der Waals surface area contributed by atoms with Crippen molar-refractivity contribution in [2.75, 3.05) is 32.8 Å². The lowest BCUT2D eigenvalue weighted by Crippen LogP contribution is -2.06. The highest BCUT2D eigenvalue weighted by molar-refractivity contribution is 5.93. The Morgan fingerprint density at radius 3 is 2.63 bits per heavy atom. The van der Waals surface area contributed by atoms with E-state index >= 15 is 0 Å². The predicted octanol–water partition coefficient (Wildman–Crippen LogP) is 4.34. The van der Waals surface area contributed by atoms with Crippen molar-refractivity contribution in [1.82, 2.24) is 9.97 Å². The van der Waals surface area contributed by atoms with Crippen molar-refractivity contribution in [2.45, 2.75) is 6.43 Å². The van der Waals surface area contributed by atoms with Crippen LogP contribution < -0.4 is 14.8 Å². The number of alkyl halides is 2. The van der Waals surface area contributed by atoms with E-state index in [0.717, 1.165) is 0 Å². The summed E-state index contributed by atoms with van der Waals surface area (Å²) in [5.74, 6) is 0.946. The van der Waals surface area contributed by atoms with Gasteiger partial charge in [-0.1, -0.05) is 12.1 Å². The Balaban J connectivity index is 1.88. The third kappa shape index (κ3) is 4.40. The lowest BCUT2D eigenvalue weighted by atomic mass is 10.1. The molecule has 6 nitrogen and oxygen atoms in total. The molecule has 27 heavy (non-hydrogen) atoms. The summed E-state index contributed by atoms with van der Waals surface area (Å²) in [5.41, 5.74) is 1.73. The number of nitrogens with one attached hydrogen (secondary N) is 1. The maximum Gasteiger partial charge on any atom is 0.263 e. The molecular weight excluding hydrogens is 356 g/mol. The lowest BCUT2D eigenvalue weighted by molar-refractivity contribution is 0.143. The molecule has 0 atom stereocenters. The van der Waals surface area contributed by atoms with Crippen LogP contribution in [0.25, 0.3) is 10.9 Å². The second kappa shape index (κ2) is 8.59. The minimum absolute atomic E-state index is 0.0658. The van der Waals surface area contributed by atoms with Gasteiger partial charge in [0.2, 0.25) is 5.88 Å². The number of nitrogens with zero attached hydrogens (tertiary/aromatic N) is 2. The average Bonchev–Trinajstić information content (AvgIpc) is 2.69. The molecule has 0 radical (unpaired) electrons. The van der Waals surface area contributed by atoms with E-state index in [2.05, 4.69) is 15.3 Å². The number of anilines is 2. The quantitative estimate of drug-likeness (QED) is 0.591. The Kier molecular flexibility index (Phi) is 5.97. The number of hydrogen-bond donors (Lipinski definition) is 1.